The number of fused-ring (bicyclic) bond motifs is 2. The van der Waals surface area contributed by atoms with Crippen LogP contribution in [0.25, 0.3) is 0 Å². The number of halogens is 3. The van der Waals surface area contributed by atoms with Crippen LogP contribution in [0.3, 0.4) is 0 Å². The highest BCUT2D eigenvalue weighted by molar-refractivity contribution is 5.33. The molecule has 0 aromatic heterocycles. The van der Waals surface area contributed by atoms with E-state index in [1.54, 1.807) is 0 Å². The standard InChI is InChI=1S/C28H39F3/c1-2-17-3-5-18(6-4-17)19-7-8-21-14-22(10-9-20(21)13-19)23-11-12-25-24(15-23)16-26(29)28(31)27(25)30/h16-23H,2-15H2,1H3. The Labute approximate surface area is 186 Å². The first-order chi connectivity index (χ1) is 15.0. The van der Waals surface area contributed by atoms with Crippen molar-refractivity contribution in [2.24, 2.45) is 41.4 Å². The van der Waals surface area contributed by atoms with Crippen LogP contribution in [-0.2, 0) is 12.8 Å². The molecule has 3 saturated carbocycles. The summed E-state index contributed by atoms with van der Waals surface area (Å²) in [5.74, 6) is 2.67. The van der Waals surface area contributed by atoms with E-state index in [-0.39, 0.29) is 0 Å². The zero-order chi connectivity index (χ0) is 21.5. The Morgan fingerprint density at radius 2 is 1.23 bits per heavy atom. The predicted octanol–water partition coefficient (Wildman–Crippen LogP) is 8.26. The Balaban J connectivity index is 1.17. The lowest BCUT2D eigenvalue weighted by Crippen LogP contribution is -2.37. The summed E-state index contributed by atoms with van der Waals surface area (Å²) in [6.07, 6.45) is 17.7. The fourth-order valence-electron chi connectivity index (χ4n) is 8.14. The molecular formula is C28H39F3. The van der Waals surface area contributed by atoms with Gasteiger partial charge in [0.1, 0.15) is 0 Å². The molecule has 5 rings (SSSR count). The quantitative estimate of drug-likeness (QED) is 0.422. The van der Waals surface area contributed by atoms with Crippen molar-refractivity contribution in [3.63, 3.8) is 0 Å². The fourth-order valence-corrected chi connectivity index (χ4v) is 8.14. The molecule has 3 fully saturated rings. The molecule has 0 spiro atoms. The van der Waals surface area contributed by atoms with Gasteiger partial charge in [-0.1, -0.05) is 26.2 Å². The van der Waals surface area contributed by atoms with E-state index >= 15 is 0 Å². The Kier molecular flexibility index (Phi) is 6.41. The van der Waals surface area contributed by atoms with E-state index in [2.05, 4.69) is 6.92 Å². The second-order valence-corrected chi connectivity index (χ2v) is 11.5. The number of benzene rings is 1. The van der Waals surface area contributed by atoms with Crippen LogP contribution < -0.4 is 0 Å². The van der Waals surface area contributed by atoms with Crippen molar-refractivity contribution in [3.05, 3.63) is 34.6 Å². The minimum Gasteiger partial charge on any atom is -0.204 e. The van der Waals surface area contributed by atoms with Crippen LogP contribution in [0.2, 0.25) is 0 Å². The molecule has 0 radical (unpaired) electrons. The van der Waals surface area contributed by atoms with Gasteiger partial charge in [0.15, 0.2) is 17.5 Å². The molecule has 1 aromatic rings. The summed E-state index contributed by atoms with van der Waals surface area (Å²) in [5, 5.41) is 0. The third kappa shape index (κ3) is 4.32. The van der Waals surface area contributed by atoms with Gasteiger partial charge in [-0.3, -0.25) is 0 Å². The van der Waals surface area contributed by atoms with Crippen molar-refractivity contribution in [2.45, 2.75) is 96.8 Å². The van der Waals surface area contributed by atoms with E-state index in [1.807, 2.05) is 0 Å². The molecule has 0 nitrogen and oxygen atoms in total. The third-order valence-electron chi connectivity index (χ3n) is 10.1. The van der Waals surface area contributed by atoms with Crippen LogP contribution in [0.1, 0.15) is 95.1 Å². The van der Waals surface area contributed by atoms with Gasteiger partial charge in [0.05, 0.1) is 0 Å². The van der Waals surface area contributed by atoms with Crippen molar-refractivity contribution in [3.8, 4) is 0 Å². The van der Waals surface area contributed by atoms with Gasteiger partial charge >= 0.3 is 0 Å². The molecule has 0 amide bonds. The van der Waals surface area contributed by atoms with Gasteiger partial charge in [0.25, 0.3) is 0 Å². The van der Waals surface area contributed by atoms with Gasteiger partial charge in [0.2, 0.25) is 0 Å². The summed E-state index contributed by atoms with van der Waals surface area (Å²) in [4.78, 5) is 0. The Morgan fingerprint density at radius 1 is 0.677 bits per heavy atom. The van der Waals surface area contributed by atoms with Gasteiger partial charge < -0.3 is 0 Å². The fraction of sp³-hybridized carbons (Fsp3) is 0.786. The van der Waals surface area contributed by atoms with Crippen LogP contribution in [0.5, 0.6) is 0 Å². The first kappa shape index (κ1) is 21.8. The van der Waals surface area contributed by atoms with Crippen LogP contribution in [0, 0.1) is 58.9 Å². The lowest BCUT2D eigenvalue weighted by Gasteiger charge is -2.47. The van der Waals surface area contributed by atoms with Gasteiger partial charge in [-0.2, -0.15) is 0 Å². The molecule has 5 unspecified atom stereocenters. The minimum atomic E-state index is -1.29. The molecule has 0 N–H and O–H groups in total. The molecule has 0 aliphatic heterocycles. The summed E-state index contributed by atoms with van der Waals surface area (Å²) < 4.78 is 41.5. The highest BCUT2D eigenvalue weighted by Crippen LogP contribution is 2.51. The second kappa shape index (κ2) is 9.10. The van der Waals surface area contributed by atoms with Crippen LogP contribution in [0.4, 0.5) is 13.2 Å². The lowest BCUT2D eigenvalue weighted by molar-refractivity contribution is 0.0441. The third-order valence-corrected chi connectivity index (χ3v) is 10.1. The van der Waals surface area contributed by atoms with Crippen molar-refractivity contribution >= 4 is 0 Å². The summed E-state index contributed by atoms with van der Waals surface area (Å²) in [5.41, 5.74) is 1.16. The number of hydrogen-bond acceptors (Lipinski definition) is 0. The first-order valence-electron chi connectivity index (χ1n) is 13.2. The normalized spacial score (nSPS) is 38.4. The molecule has 3 heteroatoms. The van der Waals surface area contributed by atoms with Crippen LogP contribution in [-0.4, -0.2) is 0 Å². The summed E-state index contributed by atoms with van der Waals surface area (Å²) >= 11 is 0. The largest absolute Gasteiger partial charge is 0.204 e. The number of rotatable bonds is 3. The zero-order valence-corrected chi connectivity index (χ0v) is 19.2. The van der Waals surface area contributed by atoms with Crippen molar-refractivity contribution in [2.75, 3.05) is 0 Å². The SMILES string of the molecule is CCC1CCC(C2CCC3CC(C4CCc5c(cc(F)c(F)c5F)C4)CCC3C2)CC1. The molecule has 4 aliphatic rings. The van der Waals surface area contributed by atoms with Crippen LogP contribution >= 0.6 is 0 Å². The molecule has 5 atom stereocenters. The second-order valence-electron chi connectivity index (χ2n) is 11.5. The smallest absolute Gasteiger partial charge is 0.194 e. The van der Waals surface area contributed by atoms with E-state index in [0.717, 1.165) is 48.0 Å². The van der Waals surface area contributed by atoms with Crippen LogP contribution in [0.15, 0.2) is 6.07 Å². The Hall–Kier alpha value is -0.990. The molecule has 172 valence electrons. The van der Waals surface area contributed by atoms with E-state index in [0.29, 0.717) is 23.8 Å². The van der Waals surface area contributed by atoms with Crippen molar-refractivity contribution in [1.82, 2.24) is 0 Å². The van der Waals surface area contributed by atoms with E-state index in [1.165, 1.54) is 76.7 Å². The lowest BCUT2D eigenvalue weighted by atomic mass is 9.58. The van der Waals surface area contributed by atoms with E-state index < -0.39 is 17.5 Å². The summed E-state index contributed by atoms with van der Waals surface area (Å²) in [6, 6.07) is 1.27. The molecule has 0 saturated heterocycles. The monoisotopic (exact) mass is 432 g/mol. The maximum Gasteiger partial charge on any atom is 0.194 e. The highest BCUT2D eigenvalue weighted by Gasteiger charge is 2.41. The zero-order valence-electron chi connectivity index (χ0n) is 19.2. The summed E-state index contributed by atoms with van der Waals surface area (Å²) in [7, 11) is 0. The molecular weight excluding hydrogens is 393 g/mol. The van der Waals surface area contributed by atoms with Gasteiger partial charge in [-0.15, -0.1) is 0 Å². The predicted molar refractivity (Wildman–Crippen MR) is 119 cm³/mol. The minimum absolute atomic E-state index is 0.433. The first-order valence-corrected chi connectivity index (χ1v) is 13.2. The summed E-state index contributed by atoms with van der Waals surface area (Å²) in [6.45, 7) is 2.35. The maximum absolute atomic E-state index is 14.2. The molecule has 1 aromatic carbocycles. The van der Waals surface area contributed by atoms with Gasteiger partial charge in [-0.05, 0) is 129 Å². The molecule has 4 aliphatic carbocycles. The van der Waals surface area contributed by atoms with Crippen molar-refractivity contribution in [1.29, 1.82) is 0 Å². The average molecular weight is 433 g/mol. The van der Waals surface area contributed by atoms with E-state index in [4.69, 9.17) is 0 Å². The highest BCUT2D eigenvalue weighted by atomic mass is 19.2. The van der Waals surface area contributed by atoms with E-state index in [9.17, 15) is 13.2 Å². The average Bonchev–Trinajstić information content (AvgIpc) is 2.81. The molecule has 0 heterocycles. The van der Waals surface area contributed by atoms with Gasteiger partial charge in [-0.25, -0.2) is 13.2 Å². The number of hydrogen-bond donors (Lipinski definition) is 0. The maximum atomic E-state index is 14.2. The Morgan fingerprint density at radius 3 is 1.84 bits per heavy atom. The molecule has 0 bridgehead atoms. The topological polar surface area (TPSA) is 0 Å². The van der Waals surface area contributed by atoms with Gasteiger partial charge in [0, 0.05) is 0 Å². The Bertz CT molecular complexity index is 779. The van der Waals surface area contributed by atoms with Crippen molar-refractivity contribution < 1.29 is 13.2 Å². The molecule has 31 heavy (non-hydrogen) atoms.